The number of benzene rings is 1. The molecule has 0 spiro atoms. The van der Waals surface area contributed by atoms with Gasteiger partial charge in [-0.3, -0.25) is 0 Å². The second kappa shape index (κ2) is 4.03. The Labute approximate surface area is 77.0 Å². The zero-order valence-corrected chi connectivity index (χ0v) is 8.30. The fraction of sp³-hybridized carbons (Fsp3) is 0.333. The van der Waals surface area contributed by atoms with Crippen LogP contribution in [0, 0.1) is 6.92 Å². The molecule has 60 valence electrons. The first-order chi connectivity index (χ1) is 5.25. The highest BCUT2D eigenvalue weighted by Crippen LogP contribution is 2.26. The van der Waals surface area contributed by atoms with Crippen LogP contribution in [0.25, 0.3) is 0 Å². The van der Waals surface area contributed by atoms with Gasteiger partial charge in [0.25, 0.3) is 0 Å². The van der Waals surface area contributed by atoms with Crippen molar-refractivity contribution >= 4 is 23.4 Å². The molecule has 0 aromatic heterocycles. The van der Waals surface area contributed by atoms with Crippen molar-refractivity contribution in [1.29, 1.82) is 0 Å². The molecule has 0 amide bonds. The zero-order chi connectivity index (χ0) is 8.27. The number of rotatable bonds is 2. The Morgan fingerprint density at radius 3 is 2.82 bits per heavy atom. The first-order valence-electron chi connectivity index (χ1n) is 3.63. The maximum Gasteiger partial charge on any atom is 0.0446 e. The Hall–Kier alpha value is -0.140. The van der Waals surface area contributed by atoms with E-state index >= 15 is 0 Å². The smallest absolute Gasteiger partial charge is 0.0446 e. The summed E-state index contributed by atoms with van der Waals surface area (Å²) < 4.78 is 0. The van der Waals surface area contributed by atoms with Gasteiger partial charge in [-0.1, -0.05) is 24.6 Å². The van der Waals surface area contributed by atoms with Crippen LogP contribution in [0.5, 0.6) is 0 Å². The Kier molecular flexibility index (Phi) is 3.28. The molecule has 0 saturated heterocycles. The third-order valence-electron chi connectivity index (χ3n) is 1.52. The van der Waals surface area contributed by atoms with Crippen LogP contribution in [0.2, 0.25) is 5.02 Å². The number of halogens is 1. The fourth-order valence-corrected chi connectivity index (χ4v) is 1.94. The molecule has 0 aliphatic rings. The van der Waals surface area contributed by atoms with E-state index in [9.17, 15) is 0 Å². The van der Waals surface area contributed by atoms with Gasteiger partial charge in [0, 0.05) is 9.92 Å². The van der Waals surface area contributed by atoms with Gasteiger partial charge in [-0.15, -0.1) is 11.8 Å². The van der Waals surface area contributed by atoms with E-state index < -0.39 is 0 Å². The summed E-state index contributed by atoms with van der Waals surface area (Å²) in [4.78, 5) is 1.29. The van der Waals surface area contributed by atoms with Crippen LogP contribution in [-0.4, -0.2) is 5.75 Å². The van der Waals surface area contributed by atoms with Gasteiger partial charge in [0.1, 0.15) is 0 Å². The summed E-state index contributed by atoms with van der Waals surface area (Å²) in [6, 6.07) is 6.03. The van der Waals surface area contributed by atoms with Crippen LogP contribution in [0.15, 0.2) is 23.1 Å². The van der Waals surface area contributed by atoms with Crippen molar-refractivity contribution < 1.29 is 0 Å². The number of thioether (sulfide) groups is 1. The van der Waals surface area contributed by atoms with Crippen molar-refractivity contribution in [1.82, 2.24) is 0 Å². The lowest BCUT2D eigenvalue weighted by molar-refractivity contribution is 1.30. The maximum atomic E-state index is 5.94. The first kappa shape index (κ1) is 8.95. The minimum atomic E-state index is 0.864. The van der Waals surface area contributed by atoms with E-state index in [4.69, 9.17) is 11.6 Å². The van der Waals surface area contributed by atoms with E-state index in [0.717, 1.165) is 10.8 Å². The van der Waals surface area contributed by atoms with Gasteiger partial charge in [0.15, 0.2) is 0 Å². The van der Waals surface area contributed by atoms with Crippen molar-refractivity contribution in [2.75, 3.05) is 5.75 Å². The van der Waals surface area contributed by atoms with Gasteiger partial charge in [-0.25, -0.2) is 0 Å². The molecule has 0 atom stereocenters. The molecule has 0 fully saturated rings. The molecule has 2 heteroatoms. The van der Waals surface area contributed by atoms with Crippen LogP contribution in [0.4, 0.5) is 0 Å². The summed E-state index contributed by atoms with van der Waals surface area (Å²) in [5.41, 5.74) is 1.20. The van der Waals surface area contributed by atoms with Crippen LogP contribution < -0.4 is 0 Å². The molecule has 0 N–H and O–H groups in total. The van der Waals surface area contributed by atoms with E-state index in [-0.39, 0.29) is 0 Å². The average Bonchev–Trinajstić information content (AvgIpc) is 1.99. The lowest BCUT2D eigenvalue weighted by Crippen LogP contribution is -1.80. The molecular weight excluding hydrogens is 176 g/mol. The maximum absolute atomic E-state index is 5.94. The second-order valence-corrected chi connectivity index (χ2v) is 4.01. The van der Waals surface area contributed by atoms with Crippen LogP contribution in [0.1, 0.15) is 12.5 Å². The average molecular weight is 187 g/mol. The monoisotopic (exact) mass is 186 g/mol. The Morgan fingerprint density at radius 2 is 2.18 bits per heavy atom. The van der Waals surface area contributed by atoms with Gasteiger partial charge in [0.2, 0.25) is 0 Å². The van der Waals surface area contributed by atoms with Gasteiger partial charge in [-0.2, -0.15) is 0 Å². The third kappa shape index (κ3) is 2.14. The van der Waals surface area contributed by atoms with E-state index in [2.05, 4.69) is 19.9 Å². The molecule has 0 aliphatic heterocycles. The Bertz CT molecular complexity index is 245. The predicted octanol–water partition coefficient (Wildman–Crippen LogP) is 3.76. The van der Waals surface area contributed by atoms with Crippen molar-refractivity contribution in [3.63, 3.8) is 0 Å². The minimum absolute atomic E-state index is 0.864. The summed E-state index contributed by atoms with van der Waals surface area (Å²) >= 11 is 7.77. The molecule has 0 nitrogen and oxygen atoms in total. The normalized spacial score (nSPS) is 10.1. The van der Waals surface area contributed by atoms with E-state index in [0.29, 0.717) is 0 Å². The molecule has 0 bridgehead atoms. The Balaban J connectivity index is 2.96. The van der Waals surface area contributed by atoms with E-state index in [1.165, 1.54) is 10.5 Å². The second-order valence-electron chi connectivity index (χ2n) is 2.30. The van der Waals surface area contributed by atoms with Gasteiger partial charge in [0.05, 0.1) is 0 Å². The SMILES string of the molecule is CCSc1cccc(Cl)c1C. The molecule has 1 aromatic rings. The first-order valence-corrected chi connectivity index (χ1v) is 5.00. The molecule has 1 aromatic carbocycles. The highest BCUT2D eigenvalue weighted by Gasteiger charge is 1.99. The van der Waals surface area contributed by atoms with Crippen molar-refractivity contribution in [3.8, 4) is 0 Å². The highest BCUT2D eigenvalue weighted by molar-refractivity contribution is 7.99. The standard InChI is InChI=1S/C9H11ClS/c1-3-11-9-6-4-5-8(10)7(9)2/h4-6H,3H2,1-2H3. The highest BCUT2D eigenvalue weighted by atomic mass is 35.5. The molecular formula is C9H11ClS. The van der Waals surface area contributed by atoms with Crippen LogP contribution >= 0.6 is 23.4 Å². The molecule has 0 radical (unpaired) electrons. The van der Waals surface area contributed by atoms with Crippen LogP contribution in [-0.2, 0) is 0 Å². The lowest BCUT2D eigenvalue weighted by Gasteiger charge is -2.03. The van der Waals surface area contributed by atoms with E-state index in [1.54, 1.807) is 0 Å². The predicted molar refractivity (Wildman–Crippen MR) is 52.6 cm³/mol. The quantitative estimate of drug-likeness (QED) is 0.634. The van der Waals surface area contributed by atoms with E-state index in [1.807, 2.05) is 23.9 Å². The fourth-order valence-electron chi connectivity index (χ4n) is 0.900. The molecule has 0 heterocycles. The minimum Gasteiger partial charge on any atom is -0.126 e. The summed E-state index contributed by atoms with van der Waals surface area (Å²) in [5.74, 6) is 1.10. The van der Waals surface area contributed by atoms with Crippen molar-refractivity contribution in [3.05, 3.63) is 28.8 Å². The molecule has 0 saturated carbocycles. The zero-order valence-electron chi connectivity index (χ0n) is 6.73. The topological polar surface area (TPSA) is 0 Å². The van der Waals surface area contributed by atoms with Crippen molar-refractivity contribution in [2.24, 2.45) is 0 Å². The summed E-state index contributed by atoms with van der Waals surface area (Å²) in [6.45, 7) is 4.20. The molecule has 1 rings (SSSR count). The molecule has 0 aliphatic carbocycles. The third-order valence-corrected chi connectivity index (χ3v) is 2.97. The van der Waals surface area contributed by atoms with Crippen LogP contribution in [0.3, 0.4) is 0 Å². The lowest BCUT2D eigenvalue weighted by atomic mass is 10.2. The van der Waals surface area contributed by atoms with Crippen molar-refractivity contribution in [2.45, 2.75) is 18.7 Å². The summed E-state index contributed by atoms with van der Waals surface area (Å²) in [7, 11) is 0. The number of hydrogen-bond donors (Lipinski definition) is 0. The largest absolute Gasteiger partial charge is 0.126 e. The van der Waals surface area contributed by atoms with Gasteiger partial charge in [-0.05, 0) is 30.4 Å². The summed E-state index contributed by atoms with van der Waals surface area (Å²) in [6.07, 6.45) is 0. The Morgan fingerprint density at radius 1 is 1.45 bits per heavy atom. The summed E-state index contributed by atoms with van der Waals surface area (Å²) in [5, 5.41) is 0.864. The van der Waals surface area contributed by atoms with Gasteiger partial charge >= 0.3 is 0 Å². The molecule has 11 heavy (non-hydrogen) atoms. The number of hydrogen-bond acceptors (Lipinski definition) is 1. The molecule has 0 unspecified atom stereocenters. The van der Waals surface area contributed by atoms with Gasteiger partial charge < -0.3 is 0 Å².